The Balaban J connectivity index is 1.83. The molecule has 1 heterocycles. The van der Waals surface area contributed by atoms with E-state index in [9.17, 15) is 5.11 Å². The first-order valence-corrected chi connectivity index (χ1v) is 7.85. The highest BCUT2D eigenvalue weighted by Crippen LogP contribution is 2.32. The zero-order valence-corrected chi connectivity index (χ0v) is 13.8. The van der Waals surface area contributed by atoms with Gasteiger partial charge in [-0.1, -0.05) is 15.9 Å². The number of ether oxygens (including phenoxy) is 1. The second-order valence-corrected chi connectivity index (χ2v) is 6.22. The van der Waals surface area contributed by atoms with Crippen molar-refractivity contribution in [2.75, 3.05) is 46.9 Å². The van der Waals surface area contributed by atoms with E-state index in [4.69, 9.17) is 4.74 Å². The van der Waals surface area contributed by atoms with Crippen molar-refractivity contribution in [3.63, 3.8) is 0 Å². The molecule has 0 spiro atoms. The van der Waals surface area contributed by atoms with Gasteiger partial charge in [-0.2, -0.15) is 0 Å². The number of piperazine rings is 1. The van der Waals surface area contributed by atoms with Gasteiger partial charge in [0.05, 0.1) is 7.11 Å². The number of nitrogens with zero attached hydrogens (tertiary/aromatic N) is 2. The minimum absolute atomic E-state index is 0.213. The normalized spacial score (nSPS) is 17.4. The molecule has 0 saturated carbocycles. The highest BCUT2D eigenvalue weighted by atomic mass is 79.9. The van der Waals surface area contributed by atoms with Crippen molar-refractivity contribution in [2.24, 2.45) is 0 Å². The van der Waals surface area contributed by atoms with Crippen LogP contribution < -0.4 is 4.74 Å². The first-order valence-electron chi connectivity index (χ1n) is 7.06. The van der Waals surface area contributed by atoms with Gasteiger partial charge in [0.15, 0.2) is 11.5 Å². The molecule has 0 atom stereocenters. The third-order valence-electron chi connectivity index (χ3n) is 3.86. The number of hydrogen-bond donors (Lipinski definition) is 1. The first-order chi connectivity index (χ1) is 9.60. The van der Waals surface area contributed by atoms with E-state index in [1.165, 1.54) is 0 Å². The molecule has 0 radical (unpaired) electrons. The Kier molecular flexibility index (Phi) is 5.69. The first kappa shape index (κ1) is 15.6. The number of methoxy groups -OCH3 is 1. The van der Waals surface area contributed by atoms with Crippen LogP contribution in [0.3, 0.4) is 0 Å². The van der Waals surface area contributed by atoms with Gasteiger partial charge in [0.25, 0.3) is 0 Å². The lowest BCUT2D eigenvalue weighted by Crippen LogP contribution is -2.44. The standard InChI is InChI=1S/C15H23BrN2O2/c1-17-6-8-18(9-7-17)5-3-4-12-10-14(19)15(20-2)11-13(12)16/h10-11,19H,3-9H2,1-2H3. The van der Waals surface area contributed by atoms with Crippen LogP contribution in [0, 0.1) is 0 Å². The van der Waals surface area contributed by atoms with Crippen LogP contribution in [0.4, 0.5) is 0 Å². The number of rotatable bonds is 5. The van der Waals surface area contributed by atoms with E-state index in [0.717, 1.165) is 55.6 Å². The topological polar surface area (TPSA) is 35.9 Å². The molecule has 2 rings (SSSR count). The van der Waals surface area contributed by atoms with Crippen molar-refractivity contribution < 1.29 is 9.84 Å². The number of aromatic hydroxyl groups is 1. The van der Waals surface area contributed by atoms with Crippen LogP contribution in [0.5, 0.6) is 11.5 Å². The van der Waals surface area contributed by atoms with E-state index in [1.54, 1.807) is 13.2 Å². The fraction of sp³-hybridized carbons (Fsp3) is 0.600. The van der Waals surface area contributed by atoms with Crippen molar-refractivity contribution in [1.82, 2.24) is 9.80 Å². The number of likely N-dealkylation sites (N-methyl/N-ethyl adjacent to an activating group) is 1. The Hall–Kier alpha value is -0.780. The zero-order valence-electron chi connectivity index (χ0n) is 12.2. The molecule has 0 amide bonds. The number of phenolic OH excluding ortho intramolecular Hbond substituents is 1. The van der Waals surface area contributed by atoms with Gasteiger partial charge >= 0.3 is 0 Å². The maximum atomic E-state index is 9.83. The van der Waals surface area contributed by atoms with Crippen LogP contribution in [-0.4, -0.2) is 61.8 Å². The molecule has 1 aromatic rings. The number of phenols is 1. The molecule has 0 bridgehead atoms. The van der Waals surface area contributed by atoms with Gasteiger partial charge in [-0.15, -0.1) is 0 Å². The minimum Gasteiger partial charge on any atom is -0.504 e. The van der Waals surface area contributed by atoms with E-state index >= 15 is 0 Å². The molecule has 1 saturated heterocycles. The van der Waals surface area contributed by atoms with Crippen LogP contribution >= 0.6 is 15.9 Å². The summed E-state index contributed by atoms with van der Waals surface area (Å²) in [5, 5.41) is 9.83. The summed E-state index contributed by atoms with van der Waals surface area (Å²) in [6.45, 7) is 5.75. The summed E-state index contributed by atoms with van der Waals surface area (Å²) < 4.78 is 6.10. The highest BCUT2D eigenvalue weighted by molar-refractivity contribution is 9.10. The molecule has 1 N–H and O–H groups in total. The monoisotopic (exact) mass is 342 g/mol. The summed E-state index contributed by atoms with van der Waals surface area (Å²) in [7, 11) is 3.74. The Morgan fingerprint density at radius 1 is 1.25 bits per heavy atom. The SMILES string of the molecule is COc1cc(Br)c(CCCN2CCN(C)CC2)cc1O. The van der Waals surface area contributed by atoms with Crippen molar-refractivity contribution >= 4 is 15.9 Å². The van der Waals surface area contributed by atoms with Gasteiger partial charge < -0.3 is 19.6 Å². The minimum atomic E-state index is 0.213. The van der Waals surface area contributed by atoms with E-state index in [0.29, 0.717) is 5.75 Å². The molecule has 1 fully saturated rings. The molecule has 1 aromatic carbocycles. The van der Waals surface area contributed by atoms with Crippen molar-refractivity contribution in [3.05, 3.63) is 22.2 Å². The van der Waals surface area contributed by atoms with E-state index in [2.05, 4.69) is 32.8 Å². The lowest BCUT2D eigenvalue weighted by Gasteiger charge is -2.32. The molecule has 1 aliphatic heterocycles. The molecule has 1 aliphatic rings. The summed E-state index contributed by atoms with van der Waals surface area (Å²) >= 11 is 3.54. The van der Waals surface area contributed by atoms with Gasteiger partial charge in [-0.3, -0.25) is 0 Å². The Morgan fingerprint density at radius 3 is 2.60 bits per heavy atom. The summed E-state index contributed by atoms with van der Waals surface area (Å²) in [6.07, 6.45) is 2.07. The third kappa shape index (κ3) is 4.11. The Bertz CT molecular complexity index is 446. The molecule has 0 aliphatic carbocycles. The second kappa shape index (κ2) is 7.29. The predicted octanol–water partition coefficient (Wildman–Crippen LogP) is 2.34. The van der Waals surface area contributed by atoms with Crippen LogP contribution in [0.15, 0.2) is 16.6 Å². The predicted molar refractivity (Wildman–Crippen MR) is 84.6 cm³/mol. The van der Waals surface area contributed by atoms with Gasteiger partial charge in [0, 0.05) is 30.7 Å². The number of benzene rings is 1. The molecule has 5 heteroatoms. The van der Waals surface area contributed by atoms with Gasteiger partial charge in [0.2, 0.25) is 0 Å². The third-order valence-corrected chi connectivity index (χ3v) is 4.60. The molecule has 4 nitrogen and oxygen atoms in total. The number of hydrogen-bond acceptors (Lipinski definition) is 4. The number of halogens is 1. The smallest absolute Gasteiger partial charge is 0.161 e. The van der Waals surface area contributed by atoms with Gasteiger partial charge in [0.1, 0.15) is 0 Å². The summed E-state index contributed by atoms with van der Waals surface area (Å²) in [4.78, 5) is 4.88. The lowest BCUT2D eigenvalue weighted by atomic mass is 10.1. The van der Waals surface area contributed by atoms with Crippen LogP contribution in [-0.2, 0) is 6.42 Å². The quantitative estimate of drug-likeness (QED) is 0.890. The maximum absolute atomic E-state index is 9.83. The molecule has 0 aromatic heterocycles. The van der Waals surface area contributed by atoms with E-state index < -0.39 is 0 Å². The highest BCUT2D eigenvalue weighted by Gasteiger charge is 2.13. The lowest BCUT2D eigenvalue weighted by molar-refractivity contribution is 0.153. The van der Waals surface area contributed by atoms with Gasteiger partial charge in [-0.05, 0) is 44.1 Å². The maximum Gasteiger partial charge on any atom is 0.161 e. The van der Waals surface area contributed by atoms with Crippen molar-refractivity contribution in [3.8, 4) is 11.5 Å². The van der Waals surface area contributed by atoms with E-state index in [-0.39, 0.29) is 5.75 Å². The summed E-state index contributed by atoms with van der Waals surface area (Å²) in [6, 6.07) is 3.63. The second-order valence-electron chi connectivity index (χ2n) is 5.36. The zero-order chi connectivity index (χ0) is 14.5. The van der Waals surface area contributed by atoms with Crippen molar-refractivity contribution in [2.45, 2.75) is 12.8 Å². The average molecular weight is 343 g/mol. The molecule has 112 valence electrons. The van der Waals surface area contributed by atoms with Crippen LogP contribution in [0.1, 0.15) is 12.0 Å². The summed E-state index contributed by atoms with van der Waals surface area (Å²) in [5.41, 5.74) is 1.14. The average Bonchev–Trinajstić information content (AvgIpc) is 2.44. The Labute approximate surface area is 129 Å². The molecular weight excluding hydrogens is 320 g/mol. The van der Waals surface area contributed by atoms with Crippen LogP contribution in [0.25, 0.3) is 0 Å². The van der Waals surface area contributed by atoms with Crippen LogP contribution in [0.2, 0.25) is 0 Å². The van der Waals surface area contributed by atoms with Crippen molar-refractivity contribution in [1.29, 1.82) is 0 Å². The molecular formula is C15H23BrN2O2. The number of aryl methyl sites for hydroxylation is 1. The summed E-state index contributed by atoms with van der Waals surface area (Å²) in [5.74, 6) is 0.727. The Morgan fingerprint density at radius 2 is 1.95 bits per heavy atom. The molecule has 20 heavy (non-hydrogen) atoms. The fourth-order valence-electron chi connectivity index (χ4n) is 2.51. The molecule has 0 unspecified atom stereocenters. The van der Waals surface area contributed by atoms with E-state index in [1.807, 2.05) is 6.07 Å². The fourth-order valence-corrected chi connectivity index (χ4v) is 3.03. The largest absolute Gasteiger partial charge is 0.504 e. The van der Waals surface area contributed by atoms with Gasteiger partial charge in [-0.25, -0.2) is 0 Å².